The minimum atomic E-state index is 0.726. The van der Waals surface area contributed by atoms with E-state index in [0.717, 1.165) is 23.6 Å². The predicted octanol–water partition coefficient (Wildman–Crippen LogP) is 2.26. The van der Waals surface area contributed by atoms with Gasteiger partial charge in [0.1, 0.15) is 0 Å². The fourth-order valence-corrected chi connectivity index (χ4v) is 0.818. The highest BCUT2D eigenvalue weighted by Gasteiger charge is 1.95. The third-order valence-electron chi connectivity index (χ3n) is 1.25. The Morgan fingerprint density at radius 1 is 1.60 bits per heavy atom. The first kappa shape index (κ1) is 9.63. The zero-order chi connectivity index (χ0) is 7.98. The largest absolute Gasteiger partial charge is 0.405 e. The van der Waals surface area contributed by atoms with Crippen molar-refractivity contribution in [2.75, 3.05) is 0 Å². The van der Waals surface area contributed by atoms with E-state index in [0.29, 0.717) is 0 Å². The number of nitrogens with two attached hydrogens (primary N) is 1. The topological polar surface area (TPSA) is 26.0 Å². The second-order valence-corrected chi connectivity index (χ2v) is 3.28. The summed E-state index contributed by atoms with van der Waals surface area (Å²) in [5.41, 5.74) is 5.17. The molecule has 0 aromatic heterocycles. The van der Waals surface area contributed by atoms with Gasteiger partial charge in [0.25, 0.3) is 0 Å². The molecule has 0 aliphatic carbocycles. The quantitative estimate of drug-likeness (QED) is 0.500. The van der Waals surface area contributed by atoms with Crippen LogP contribution in [0.2, 0.25) is 0 Å². The van der Waals surface area contributed by atoms with Crippen LogP contribution < -0.4 is 5.73 Å². The highest BCUT2D eigenvalue weighted by molar-refractivity contribution is 7.80. The van der Waals surface area contributed by atoms with Crippen molar-refractivity contribution in [3.63, 3.8) is 0 Å². The molecule has 0 unspecified atom stereocenters. The Labute approximate surface area is 68.3 Å². The van der Waals surface area contributed by atoms with Crippen molar-refractivity contribution in [1.82, 2.24) is 0 Å². The fourth-order valence-electron chi connectivity index (χ4n) is 0.622. The van der Waals surface area contributed by atoms with Gasteiger partial charge >= 0.3 is 0 Å². The minimum Gasteiger partial charge on any atom is -0.405 e. The van der Waals surface area contributed by atoms with E-state index in [4.69, 9.17) is 18.0 Å². The highest BCUT2D eigenvalue weighted by Crippen LogP contribution is 2.04. The number of hydrogen-bond acceptors (Lipinski definition) is 2. The first-order valence-electron chi connectivity index (χ1n) is 3.58. The summed E-state index contributed by atoms with van der Waals surface area (Å²) in [6.07, 6.45) is 5.43. The second kappa shape index (κ2) is 5.42. The van der Waals surface area contributed by atoms with Crippen LogP contribution in [0.15, 0.2) is 12.3 Å². The van der Waals surface area contributed by atoms with Crippen molar-refractivity contribution >= 4 is 17.1 Å². The maximum absolute atomic E-state index is 5.17. The minimum absolute atomic E-state index is 0.726. The summed E-state index contributed by atoms with van der Waals surface area (Å²) in [6, 6.07) is 0. The van der Waals surface area contributed by atoms with E-state index in [1.807, 2.05) is 0 Å². The average molecular weight is 157 g/mol. The molecule has 10 heavy (non-hydrogen) atoms. The molecule has 2 heteroatoms. The molecule has 0 aliphatic rings. The standard InChI is InChI=1S/C8H15NS/c1-7(2)3-4-8(10)5-6-9/h5-7H,3-4,9H2,1-2H3/b6-5-. The van der Waals surface area contributed by atoms with Gasteiger partial charge in [0, 0.05) is 4.86 Å². The predicted molar refractivity (Wildman–Crippen MR) is 50.0 cm³/mol. The molecule has 1 nitrogen and oxygen atoms in total. The molecule has 0 saturated carbocycles. The van der Waals surface area contributed by atoms with Crippen LogP contribution in [0.25, 0.3) is 0 Å². The highest BCUT2D eigenvalue weighted by atomic mass is 32.1. The Hall–Kier alpha value is -0.370. The van der Waals surface area contributed by atoms with Gasteiger partial charge in [-0.15, -0.1) is 0 Å². The molecular formula is C8H15NS. The van der Waals surface area contributed by atoms with Gasteiger partial charge in [0.15, 0.2) is 0 Å². The summed E-state index contributed by atoms with van der Waals surface area (Å²) in [7, 11) is 0. The Bertz CT molecular complexity index is 127. The van der Waals surface area contributed by atoms with Gasteiger partial charge in [-0.3, -0.25) is 0 Å². The molecule has 0 aromatic rings. The molecule has 0 heterocycles. The summed E-state index contributed by atoms with van der Waals surface area (Å²) < 4.78 is 0. The lowest BCUT2D eigenvalue weighted by molar-refractivity contribution is 0.606. The molecule has 0 saturated heterocycles. The van der Waals surface area contributed by atoms with Crippen LogP contribution in [0.3, 0.4) is 0 Å². The number of hydrogen-bond donors (Lipinski definition) is 1. The van der Waals surface area contributed by atoms with Crippen LogP contribution in [-0.4, -0.2) is 4.86 Å². The van der Waals surface area contributed by atoms with E-state index < -0.39 is 0 Å². The molecule has 2 N–H and O–H groups in total. The van der Waals surface area contributed by atoms with Gasteiger partial charge < -0.3 is 5.73 Å². The third kappa shape index (κ3) is 5.76. The van der Waals surface area contributed by atoms with Crippen molar-refractivity contribution in [3.05, 3.63) is 12.3 Å². The molecule has 0 bridgehead atoms. The first-order valence-corrected chi connectivity index (χ1v) is 3.98. The molecule has 0 aliphatic heterocycles. The van der Waals surface area contributed by atoms with E-state index in [9.17, 15) is 0 Å². The third-order valence-corrected chi connectivity index (χ3v) is 1.59. The van der Waals surface area contributed by atoms with Gasteiger partial charge in [-0.1, -0.05) is 26.1 Å². The average Bonchev–Trinajstić information content (AvgIpc) is 1.85. The van der Waals surface area contributed by atoms with Gasteiger partial charge in [-0.05, 0) is 31.0 Å². The van der Waals surface area contributed by atoms with Gasteiger partial charge in [0.2, 0.25) is 0 Å². The summed E-state index contributed by atoms with van der Waals surface area (Å²) in [5.74, 6) is 0.726. The molecule has 0 rings (SSSR count). The summed E-state index contributed by atoms with van der Waals surface area (Å²) in [5, 5.41) is 0. The van der Waals surface area contributed by atoms with Crippen LogP contribution in [0.5, 0.6) is 0 Å². The number of allylic oxidation sites excluding steroid dienone is 1. The van der Waals surface area contributed by atoms with E-state index in [1.165, 1.54) is 6.20 Å². The van der Waals surface area contributed by atoms with Crippen molar-refractivity contribution < 1.29 is 0 Å². The Morgan fingerprint density at radius 3 is 2.60 bits per heavy atom. The van der Waals surface area contributed by atoms with Crippen molar-refractivity contribution in [1.29, 1.82) is 0 Å². The SMILES string of the molecule is CC(C)CCC(=S)/C=C\N. The molecule has 0 fully saturated rings. The molecule has 0 aromatic carbocycles. The van der Waals surface area contributed by atoms with Crippen molar-refractivity contribution in [2.45, 2.75) is 26.7 Å². The van der Waals surface area contributed by atoms with Crippen LogP contribution in [-0.2, 0) is 0 Å². The molecule has 0 spiro atoms. The smallest absolute Gasteiger partial charge is 0.0166 e. The monoisotopic (exact) mass is 157 g/mol. The number of thiocarbonyl (C=S) groups is 1. The molecule has 0 amide bonds. The zero-order valence-electron chi connectivity index (χ0n) is 6.63. The molecule has 0 atom stereocenters. The maximum Gasteiger partial charge on any atom is 0.0166 e. The van der Waals surface area contributed by atoms with Gasteiger partial charge in [-0.25, -0.2) is 0 Å². The van der Waals surface area contributed by atoms with E-state index in [-0.39, 0.29) is 0 Å². The Kier molecular flexibility index (Phi) is 5.22. The Balaban J connectivity index is 3.40. The van der Waals surface area contributed by atoms with Crippen molar-refractivity contribution in [3.8, 4) is 0 Å². The first-order chi connectivity index (χ1) is 4.66. The fraction of sp³-hybridized carbons (Fsp3) is 0.625. The summed E-state index contributed by atoms with van der Waals surface area (Å²) in [6.45, 7) is 4.38. The number of rotatable bonds is 4. The normalized spacial score (nSPS) is 11.1. The van der Waals surface area contributed by atoms with Crippen LogP contribution in [0.1, 0.15) is 26.7 Å². The lowest BCUT2D eigenvalue weighted by Gasteiger charge is -2.01. The second-order valence-electron chi connectivity index (χ2n) is 2.76. The van der Waals surface area contributed by atoms with Gasteiger partial charge in [0.05, 0.1) is 0 Å². The van der Waals surface area contributed by atoms with Crippen LogP contribution in [0, 0.1) is 5.92 Å². The molecular weight excluding hydrogens is 142 g/mol. The van der Waals surface area contributed by atoms with Crippen LogP contribution >= 0.6 is 12.2 Å². The zero-order valence-corrected chi connectivity index (χ0v) is 7.45. The Morgan fingerprint density at radius 2 is 2.20 bits per heavy atom. The lowest BCUT2D eigenvalue weighted by atomic mass is 10.1. The van der Waals surface area contributed by atoms with E-state index in [2.05, 4.69) is 13.8 Å². The summed E-state index contributed by atoms with van der Waals surface area (Å²) in [4.78, 5) is 0.955. The molecule has 0 radical (unpaired) electrons. The van der Waals surface area contributed by atoms with E-state index in [1.54, 1.807) is 6.08 Å². The van der Waals surface area contributed by atoms with Gasteiger partial charge in [-0.2, -0.15) is 0 Å². The van der Waals surface area contributed by atoms with Crippen LogP contribution in [0.4, 0.5) is 0 Å². The van der Waals surface area contributed by atoms with E-state index >= 15 is 0 Å². The summed E-state index contributed by atoms with van der Waals surface area (Å²) >= 11 is 5.00. The lowest BCUT2D eigenvalue weighted by Crippen LogP contribution is -1.95. The molecule has 58 valence electrons. The maximum atomic E-state index is 5.17. The van der Waals surface area contributed by atoms with Crippen molar-refractivity contribution in [2.24, 2.45) is 11.7 Å².